The monoisotopic (exact) mass is 428 g/mol. The standard InChI is InChI=1S/C21H17FN2O3S2/c22-17-8-4-7-16(11-17)14-24-18-9-10-28-21(18)20(25)19(29(24,26)27)13-23-12-15-5-2-1-3-6-15/h1-11,13,23H,12,14H2. The average Bonchev–Trinajstić information content (AvgIpc) is 3.18. The molecule has 0 spiro atoms. The molecule has 0 radical (unpaired) electrons. The molecule has 4 rings (SSSR count). The van der Waals surface area contributed by atoms with Crippen LogP contribution < -0.4 is 9.62 Å². The van der Waals surface area contributed by atoms with Crippen LogP contribution in [0.15, 0.2) is 77.1 Å². The summed E-state index contributed by atoms with van der Waals surface area (Å²) in [5.74, 6) is -0.982. The number of sulfonamides is 1. The first-order valence-corrected chi connectivity index (χ1v) is 11.2. The molecular formula is C21H17FN2O3S2. The average molecular weight is 429 g/mol. The molecule has 5 nitrogen and oxygen atoms in total. The highest BCUT2D eigenvalue weighted by Crippen LogP contribution is 2.39. The van der Waals surface area contributed by atoms with Crippen molar-refractivity contribution in [2.75, 3.05) is 4.31 Å². The highest BCUT2D eigenvalue weighted by molar-refractivity contribution is 7.97. The highest BCUT2D eigenvalue weighted by atomic mass is 32.2. The number of carbonyl (C=O) groups excluding carboxylic acids is 1. The number of anilines is 1. The second-order valence-corrected chi connectivity index (χ2v) is 9.23. The zero-order chi connectivity index (χ0) is 20.4. The summed E-state index contributed by atoms with van der Waals surface area (Å²) in [5, 5.41) is 4.61. The number of ketones is 1. The molecule has 0 bridgehead atoms. The van der Waals surface area contributed by atoms with Crippen molar-refractivity contribution >= 4 is 32.8 Å². The van der Waals surface area contributed by atoms with E-state index < -0.39 is 21.6 Å². The smallest absolute Gasteiger partial charge is 0.270 e. The molecule has 0 aliphatic carbocycles. The van der Waals surface area contributed by atoms with E-state index in [1.54, 1.807) is 17.5 Å². The predicted molar refractivity (Wildman–Crippen MR) is 112 cm³/mol. The lowest BCUT2D eigenvalue weighted by atomic mass is 10.2. The number of rotatable bonds is 5. The van der Waals surface area contributed by atoms with Crippen LogP contribution in [0.5, 0.6) is 0 Å². The molecule has 148 valence electrons. The Kier molecular flexibility index (Phi) is 5.21. The zero-order valence-corrected chi connectivity index (χ0v) is 16.8. The third-order valence-corrected chi connectivity index (χ3v) is 7.18. The van der Waals surface area contributed by atoms with Crippen molar-refractivity contribution in [3.8, 4) is 0 Å². The van der Waals surface area contributed by atoms with Gasteiger partial charge in [0.15, 0.2) is 4.91 Å². The maximum atomic E-state index is 13.6. The summed E-state index contributed by atoms with van der Waals surface area (Å²) in [6.07, 6.45) is 1.26. The van der Waals surface area contributed by atoms with Crippen molar-refractivity contribution in [3.63, 3.8) is 0 Å². The van der Waals surface area contributed by atoms with E-state index in [2.05, 4.69) is 5.32 Å². The van der Waals surface area contributed by atoms with Crippen molar-refractivity contribution in [1.82, 2.24) is 5.32 Å². The van der Waals surface area contributed by atoms with Crippen LogP contribution in [0.4, 0.5) is 10.1 Å². The molecule has 0 unspecified atom stereocenters. The molecule has 0 saturated heterocycles. The summed E-state index contributed by atoms with van der Waals surface area (Å²) in [4.78, 5) is 12.9. The van der Waals surface area contributed by atoms with E-state index >= 15 is 0 Å². The summed E-state index contributed by atoms with van der Waals surface area (Å²) in [5.41, 5.74) is 1.78. The number of allylic oxidation sites excluding steroid dienone is 1. The van der Waals surface area contributed by atoms with Crippen LogP contribution in [-0.2, 0) is 23.1 Å². The normalized spacial score (nSPS) is 16.7. The van der Waals surface area contributed by atoms with Crippen LogP contribution >= 0.6 is 11.3 Å². The second kappa shape index (κ2) is 7.81. The van der Waals surface area contributed by atoms with Crippen LogP contribution in [0.2, 0.25) is 0 Å². The summed E-state index contributed by atoms with van der Waals surface area (Å²) in [6.45, 7) is 0.321. The Morgan fingerprint density at radius 3 is 2.55 bits per heavy atom. The number of nitrogens with one attached hydrogen (secondary N) is 1. The molecule has 1 aromatic heterocycles. The molecule has 3 aromatic rings. The van der Waals surface area contributed by atoms with Crippen molar-refractivity contribution in [2.24, 2.45) is 0 Å². The molecule has 2 aromatic carbocycles. The number of hydrogen-bond acceptors (Lipinski definition) is 5. The van der Waals surface area contributed by atoms with Gasteiger partial charge in [-0.15, -0.1) is 11.3 Å². The topological polar surface area (TPSA) is 66.5 Å². The van der Waals surface area contributed by atoms with Crippen LogP contribution in [0, 0.1) is 5.82 Å². The Morgan fingerprint density at radius 2 is 1.79 bits per heavy atom. The fourth-order valence-corrected chi connectivity index (χ4v) is 5.62. The van der Waals surface area contributed by atoms with E-state index in [-0.39, 0.29) is 11.4 Å². The van der Waals surface area contributed by atoms with Gasteiger partial charge in [0.1, 0.15) is 10.7 Å². The third-order valence-electron chi connectivity index (χ3n) is 4.51. The molecular weight excluding hydrogens is 411 g/mol. The van der Waals surface area contributed by atoms with Gasteiger partial charge in [0.05, 0.1) is 12.2 Å². The Hall–Kier alpha value is -2.97. The first kappa shape index (κ1) is 19.4. The molecule has 8 heteroatoms. The van der Waals surface area contributed by atoms with Crippen LogP contribution in [0.3, 0.4) is 0 Å². The van der Waals surface area contributed by atoms with E-state index in [0.717, 1.165) is 9.87 Å². The van der Waals surface area contributed by atoms with Gasteiger partial charge in [-0.05, 0) is 34.7 Å². The molecule has 0 atom stereocenters. The van der Waals surface area contributed by atoms with Crippen LogP contribution in [0.25, 0.3) is 0 Å². The van der Waals surface area contributed by atoms with Crippen LogP contribution in [-0.4, -0.2) is 14.2 Å². The Balaban J connectivity index is 1.68. The quantitative estimate of drug-likeness (QED) is 0.623. The third kappa shape index (κ3) is 3.81. The molecule has 2 heterocycles. The second-order valence-electron chi connectivity index (χ2n) is 6.48. The number of carbonyl (C=O) groups is 1. The van der Waals surface area contributed by atoms with Gasteiger partial charge in [-0.2, -0.15) is 0 Å². The fraction of sp³-hybridized carbons (Fsp3) is 0.0952. The molecule has 0 fully saturated rings. The van der Waals surface area contributed by atoms with Crippen molar-refractivity contribution in [2.45, 2.75) is 13.1 Å². The van der Waals surface area contributed by atoms with E-state index in [0.29, 0.717) is 22.7 Å². The van der Waals surface area contributed by atoms with Crippen LogP contribution in [0.1, 0.15) is 20.8 Å². The van der Waals surface area contributed by atoms with Crippen molar-refractivity contribution in [3.05, 3.63) is 99.0 Å². The van der Waals surface area contributed by atoms with E-state index in [4.69, 9.17) is 0 Å². The summed E-state index contributed by atoms with van der Waals surface area (Å²) in [7, 11) is -4.10. The van der Waals surface area contributed by atoms with Crippen molar-refractivity contribution in [1.29, 1.82) is 0 Å². The van der Waals surface area contributed by atoms with Gasteiger partial charge in [0.25, 0.3) is 10.0 Å². The van der Waals surface area contributed by atoms with Gasteiger partial charge in [-0.1, -0.05) is 42.5 Å². The summed E-state index contributed by atoms with van der Waals surface area (Å²) >= 11 is 1.19. The summed E-state index contributed by atoms with van der Waals surface area (Å²) in [6, 6.07) is 16.8. The Morgan fingerprint density at radius 1 is 1.03 bits per heavy atom. The molecule has 1 aliphatic rings. The molecule has 1 N–H and O–H groups in total. The Bertz CT molecular complexity index is 1190. The lowest BCUT2D eigenvalue weighted by Gasteiger charge is -2.29. The van der Waals surface area contributed by atoms with Gasteiger partial charge < -0.3 is 5.32 Å². The minimum absolute atomic E-state index is 0.0624. The van der Waals surface area contributed by atoms with E-state index in [1.807, 2.05) is 30.3 Å². The van der Waals surface area contributed by atoms with Gasteiger partial charge in [-0.25, -0.2) is 12.8 Å². The zero-order valence-electron chi connectivity index (χ0n) is 15.2. The molecule has 1 aliphatic heterocycles. The molecule has 29 heavy (non-hydrogen) atoms. The number of Topliss-reactive ketones (excluding diaryl/α,β-unsaturated/α-hetero) is 1. The SMILES string of the molecule is O=C1C(=CNCc2ccccc2)S(=O)(=O)N(Cc2cccc(F)c2)c2ccsc21. The lowest BCUT2D eigenvalue weighted by molar-refractivity contribution is 0.104. The number of nitrogens with zero attached hydrogens (tertiary/aromatic N) is 1. The van der Waals surface area contributed by atoms with Gasteiger partial charge in [-0.3, -0.25) is 9.10 Å². The minimum atomic E-state index is -4.10. The van der Waals surface area contributed by atoms with Gasteiger partial charge in [0, 0.05) is 12.7 Å². The molecule has 0 amide bonds. The highest BCUT2D eigenvalue weighted by Gasteiger charge is 2.41. The molecule has 0 saturated carbocycles. The maximum Gasteiger partial charge on any atom is 0.270 e. The van der Waals surface area contributed by atoms with Gasteiger partial charge in [0.2, 0.25) is 5.78 Å². The minimum Gasteiger partial charge on any atom is -0.386 e. The lowest BCUT2D eigenvalue weighted by Crippen LogP contribution is -2.38. The first-order chi connectivity index (χ1) is 14.0. The summed E-state index contributed by atoms with van der Waals surface area (Å²) < 4.78 is 41.2. The van der Waals surface area contributed by atoms with E-state index in [9.17, 15) is 17.6 Å². The number of halogens is 1. The predicted octanol–water partition coefficient (Wildman–Crippen LogP) is 4.05. The van der Waals surface area contributed by atoms with Gasteiger partial charge >= 0.3 is 0 Å². The van der Waals surface area contributed by atoms with E-state index in [1.165, 1.54) is 35.7 Å². The maximum absolute atomic E-state index is 13.6. The first-order valence-electron chi connectivity index (χ1n) is 8.83. The Labute approximate surface area is 172 Å². The number of fused-ring (bicyclic) bond motifs is 1. The largest absolute Gasteiger partial charge is 0.386 e. The van der Waals surface area contributed by atoms with Crippen molar-refractivity contribution < 1.29 is 17.6 Å². The number of benzene rings is 2. The fourth-order valence-electron chi connectivity index (χ4n) is 3.11. The number of thiophene rings is 1. The number of hydrogen-bond donors (Lipinski definition) is 1.